The van der Waals surface area contributed by atoms with E-state index in [4.69, 9.17) is 4.42 Å². The molecule has 0 saturated carbocycles. The average Bonchev–Trinajstić information content (AvgIpc) is 2.72. The van der Waals surface area contributed by atoms with E-state index in [0.717, 1.165) is 6.07 Å². The van der Waals surface area contributed by atoms with Gasteiger partial charge in [-0.2, -0.15) is 13.2 Å². The molecule has 7 heteroatoms. The first-order chi connectivity index (χ1) is 9.95. The number of amides is 1. The maximum absolute atomic E-state index is 13.2. The van der Waals surface area contributed by atoms with E-state index in [1.54, 1.807) is 6.92 Å². The molecule has 0 fully saturated rings. The molecule has 1 amide bonds. The van der Waals surface area contributed by atoms with Crippen LogP contribution in [0.15, 0.2) is 16.5 Å². The van der Waals surface area contributed by atoms with E-state index in [0.29, 0.717) is 12.3 Å². The first kappa shape index (κ1) is 18.5. The number of aliphatic hydroxyl groups is 1. The van der Waals surface area contributed by atoms with Gasteiger partial charge in [-0.25, -0.2) is 0 Å². The highest BCUT2D eigenvalue weighted by atomic mass is 19.4. The van der Waals surface area contributed by atoms with Gasteiger partial charge >= 0.3 is 6.18 Å². The number of furan rings is 1. The predicted octanol–water partition coefficient (Wildman–Crippen LogP) is 3.28. The van der Waals surface area contributed by atoms with Crippen LogP contribution in [0.2, 0.25) is 0 Å². The Labute approximate surface area is 127 Å². The van der Waals surface area contributed by atoms with E-state index in [9.17, 15) is 23.1 Å². The van der Waals surface area contributed by atoms with E-state index in [1.165, 1.54) is 13.0 Å². The summed E-state index contributed by atoms with van der Waals surface area (Å²) >= 11 is 0. The minimum Gasteiger partial charge on any atom is -0.463 e. The summed E-state index contributed by atoms with van der Waals surface area (Å²) < 4.78 is 44.5. The van der Waals surface area contributed by atoms with Crippen molar-refractivity contribution in [2.24, 2.45) is 5.92 Å². The molecule has 0 aliphatic rings. The minimum absolute atomic E-state index is 0.228. The van der Waals surface area contributed by atoms with Gasteiger partial charge in [-0.05, 0) is 38.3 Å². The number of nitrogens with one attached hydrogen (secondary N) is 1. The van der Waals surface area contributed by atoms with E-state index in [-0.39, 0.29) is 11.8 Å². The first-order valence-corrected chi connectivity index (χ1v) is 7.11. The van der Waals surface area contributed by atoms with Crippen LogP contribution in [0.1, 0.15) is 45.1 Å². The molecule has 1 heterocycles. The highest BCUT2D eigenvalue weighted by Gasteiger charge is 2.58. The van der Waals surface area contributed by atoms with Crippen molar-refractivity contribution in [3.05, 3.63) is 23.7 Å². The molecule has 126 valence electrons. The quantitative estimate of drug-likeness (QED) is 0.845. The number of hydrogen-bond acceptors (Lipinski definition) is 3. The maximum Gasteiger partial charge on any atom is 0.425 e. The van der Waals surface area contributed by atoms with Crippen molar-refractivity contribution in [1.82, 2.24) is 5.32 Å². The highest BCUT2D eigenvalue weighted by Crippen LogP contribution is 2.42. The third kappa shape index (κ3) is 4.50. The lowest BCUT2D eigenvalue weighted by molar-refractivity contribution is -0.273. The Kier molecular flexibility index (Phi) is 5.67. The highest BCUT2D eigenvalue weighted by molar-refractivity contribution is 5.77. The van der Waals surface area contributed by atoms with Crippen molar-refractivity contribution >= 4 is 5.91 Å². The Bertz CT molecular complexity index is 510. The van der Waals surface area contributed by atoms with Gasteiger partial charge in [0.05, 0.1) is 6.42 Å². The summed E-state index contributed by atoms with van der Waals surface area (Å²) in [5, 5.41) is 12.5. The summed E-state index contributed by atoms with van der Waals surface area (Å²) in [6, 6.07) is 2.07. The largest absolute Gasteiger partial charge is 0.463 e. The molecule has 22 heavy (non-hydrogen) atoms. The van der Waals surface area contributed by atoms with Crippen molar-refractivity contribution in [2.45, 2.75) is 58.4 Å². The molecule has 0 aromatic carbocycles. The summed E-state index contributed by atoms with van der Waals surface area (Å²) in [6.07, 6.45) is -5.52. The Hall–Kier alpha value is -1.50. The Balaban J connectivity index is 2.89. The summed E-state index contributed by atoms with van der Waals surface area (Å²) in [7, 11) is 0. The summed E-state index contributed by atoms with van der Waals surface area (Å²) in [5.74, 6) is -1.03. The number of rotatable bonds is 6. The van der Waals surface area contributed by atoms with Gasteiger partial charge in [-0.15, -0.1) is 0 Å². The van der Waals surface area contributed by atoms with Gasteiger partial charge < -0.3 is 14.8 Å². The van der Waals surface area contributed by atoms with Crippen molar-refractivity contribution in [1.29, 1.82) is 0 Å². The van der Waals surface area contributed by atoms with Crippen molar-refractivity contribution in [2.75, 3.05) is 0 Å². The number of halogens is 3. The molecule has 0 spiro atoms. The fraction of sp³-hybridized carbons (Fsp3) is 0.667. The van der Waals surface area contributed by atoms with Gasteiger partial charge in [-0.3, -0.25) is 4.79 Å². The second kappa shape index (κ2) is 6.73. The molecule has 0 aliphatic heterocycles. The smallest absolute Gasteiger partial charge is 0.425 e. The van der Waals surface area contributed by atoms with Crippen LogP contribution in [0.25, 0.3) is 0 Å². The third-order valence-electron chi connectivity index (χ3n) is 3.27. The lowest BCUT2D eigenvalue weighted by atomic mass is 9.94. The SMILES string of the molecule is Cc1ccc(C(O)(CC(=O)NC(C)CC(C)C)C(F)(F)F)o1. The molecule has 0 bridgehead atoms. The van der Waals surface area contributed by atoms with E-state index in [2.05, 4.69) is 5.32 Å². The molecule has 0 aliphatic carbocycles. The normalized spacial score (nSPS) is 16.4. The van der Waals surface area contributed by atoms with Crippen LogP contribution in [0.5, 0.6) is 0 Å². The van der Waals surface area contributed by atoms with Gasteiger partial charge in [0.25, 0.3) is 0 Å². The number of hydrogen-bond donors (Lipinski definition) is 2. The molecule has 0 radical (unpaired) electrons. The zero-order valence-electron chi connectivity index (χ0n) is 13.1. The van der Waals surface area contributed by atoms with Crippen LogP contribution in [-0.4, -0.2) is 23.2 Å². The second-order valence-corrected chi connectivity index (χ2v) is 6.04. The van der Waals surface area contributed by atoms with Crippen molar-refractivity contribution in [3.63, 3.8) is 0 Å². The Morgan fingerprint density at radius 2 is 1.91 bits per heavy atom. The maximum atomic E-state index is 13.2. The van der Waals surface area contributed by atoms with Crippen LogP contribution in [0.4, 0.5) is 13.2 Å². The number of aryl methyl sites for hydroxylation is 1. The van der Waals surface area contributed by atoms with Gasteiger partial charge in [-0.1, -0.05) is 13.8 Å². The number of carbonyl (C=O) groups is 1. The Morgan fingerprint density at radius 3 is 2.32 bits per heavy atom. The first-order valence-electron chi connectivity index (χ1n) is 7.11. The van der Waals surface area contributed by atoms with E-state index < -0.39 is 29.9 Å². The molecule has 2 N–H and O–H groups in total. The van der Waals surface area contributed by atoms with Crippen LogP contribution in [-0.2, 0) is 10.4 Å². The molecule has 0 saturated heterocycles. The van der Waals surface area contributed by atoms with Crippen molar-refractivity contribution in [3.8, 4) is 0 Å². The molecule has 2 unspecified atom stereocenters. The molecule has 1 aromatic heterocycles. The monoisotopic (exact) mass is 321 g/mol. The van der Waals surface area contributed by atoms with E-state index in [1.807, 2.05) is 13.8 Å². The molecule has 1 aromatic rings. The summed E-state index contributed by atoms with van der Waals surface area (Å²) in [4.78, 5) is 11.9. The summed E-state index contributed by atoms with van der Waals surface area (Å²) in [6.45, 7) is 7.06. The standard InChI is InChI=1S/C15H22F3NO3/c1-9(2)7-10(3)19-13(20)8-14(21,15(16,17)18)12-6-5-11(4)22-12/h5-6,9-10,21H,7-8H2,1-4H3,(H,19,20). The lowest BCUT2D eigenvalue weighted by Gasteiger charge is -2.28. The molecular formula is C15H22F3NO3. The number of alkyl halides is 3. The molecule has 4 nitrogen and oxygen atoms in total. The minimum atomic E-state index is -5.02. The van der Waals surface area contributed by atoms with Crippen LogP contribution in [0.3, 0.4) is 0 Å². The van der Waals surface area contributed by atoms with Crippen LogP contribution >= 0.6 is 0 Å². The lowest BCUT2D eigenvalue weighted by Crippen LogP contribution is -2.47. The van der Waals surface area contributed by atoms with Crippen LogP contribution in [0, 0.1) is 12.8 Å². The fourth-order valence-corrected chi connectivity index (χ4v) is 2.31. The average molecular weight is 321 g/mol. The molecular weight excluding hydrogens is 299 g/mol. The topological polar surface area (TPSA) is 62.5 Å². The van der Waals surface area contributed by atoms with Gasteiger partial charge in [0.1, 0.15) is 11.5 Å². The molecule has 1 rings (SSSR count). The zero-order chi connectivity index (χ0) is 17.1. The fourth-order valence-electron chi connectivity index (χ4n) is 2.31. The van der Waals surface area contributed by atoms with Crippen molar-refractivity contribution < 1.29 is 27.5 Å². The van der Waals surface area contributed by atoms with Gasteiger partial charge in [0.2, 0.25) is 11.5 Å². The third-order valence-corrected chi connectivity index (χ3v) is 3.27. The summed E-state index contributed by atoms with van der Waals surface area (Å²) in [5.41, 5.74) is -3.33. The molecule has 2 atom stereocenters. The predicted molar refractivity (Wildman–Crippen MR) is 75.1 cm³/mol. The van der Waals surface area contributed by atoms with E-state index >= 15 is 0 Å². The Morgan fingerprint density at radius 1 is 1.32 bits per heavy atom. The number of carbonyl (C=O) groups excluding carboxylic acids is 1. The van der Waals surface area contributed by atoms with Gasteiger partial charge in [0, 0.05) is 6.04 Å². The zero-order valence-corrected chi connectivity index (χ0v) is 13.1. The van der Waals surface area contributed by atoms with Gasteiger partial charge in [0.15, 0.2) is 0 Å². The second-order valence-electron chi connectivity index (χ2n) is 6.04. The van der Waals surface area contributed by atoms with Crippen LogP contribution < -0.4 is 5.32 Å².